The molecule has 29 heavy (non-hydrogen) atoms. The number of halogens is 1. The lowest BCUT2D eigenvalue weighted by Gasteiger charge is -2.23. The number of nitrogens with zero attached hydrogens (tertiary/aromatic N) is 2. The summed E-state index contributed by atoms with van der Waals surface area (Å²) in [5.74, 6) is 2.27. The van der Waals surface area contributed by atoms with E-state index in [1.165, 1.54) is 0 Å². The van der Waals surface area contributed by atoms with E-state index in [-0.39, 0.29) is 11.6 Å². The van der Waals surface area contributed by atoms with Gasteiger partial charge in [-0.15, -0.1) is 0 Å². The maximum atomic E-state index is 12.7. The number of hydrogen-bond acceptors (Lipinski definition) is 5. The zero-order valence-corrected chi connectivity index (χ0v) is 18.3. The van der Waals surface area contributed by atoms with E-state index in [9.17, 15) is 4.79 Å². The molecular formula is C22H21BrN2O4. The molecule has 0 bridgehead atoms. The number of rotatable bonds is 4. The quantitative estimate of drug-likeness (QED) is 0.571. The SMILES string of the molecule is COc1cc2c(cc1OC)-c1cc(Oc3c(C)cc(Br)cc3C)nc(=O)n1CC2. The Bertz CT molecular complexity index is 1150. The van der Waals surface area contributed by atoms with E-state index in [1.54, 1.807) is 18.8 Å². The van der Waals surface area contributed by atoms with Crippen molar-refractivity contribution in [1.82, 2.24) is 9.55 Å². The Morgan fingerprint density at radius 2 is 1.66 bits per heavy atom. The Kier molecular flexibility index (Phi) is 5.08. The van der Waals surface area contributed by atoms with Gasteiger partial charge in [-0.2, -0.15) is 4.98 Å². The first kappa shape index (κ1) is 19.5. The summed E-state index contributed by atoms with van der Waals surface area (Å²) in [5.41, 5.74) is 4.37. The van der Waals surface area contributed by atoms with Gasteiger partial charge >= 0.3 is 5.69 Å². The number of aromatic nitrogens is 2. The van der Waals surface area contributed by atoms with Gasteiger partial charge in [-0.1, -0.05) is 15.9 Å². The Balaban J connectivity index is 1.83. The predicted molar refractivity (Wildman–Crippen MR) is 114 cm³/mol. The first-order valence-electron chi connectivity index (χ1n) is 9.23. The van der Waals surface area contributed by atoms with Gasteiger partial charge in [-0.3, -0.25) is 4.57 Å². The second-order valence-corrected chi connectivity index (χ2v) is 7.91. The zero-order chi connectivity index (χ0) is 20.7. The zero-order valence-electron chi connectivity index (χ0n) is 16.7. The Hall–Kier alpha value is -2.80. The van der Waals surface area contributed by atoms with E-state index >= 15 is 0 Å². The van der Waals surface area contributed by atoms with Crippen LogP contribution in [0.25, 0.3) is 11.3 Å². The van der Waals surface area contributed by atoms with Gasteiger partial charge in [0.15, 0.2) is 11.5 Å². The van der Waals surface area contributed by atoms with Gasteiger partial charge < -0.3 is 14.2 Å². The molecule has 2 heterocycles. The minimum atomic E-state index is -0.328. The molecule has 0 amide bonds. The molecule has 6 nitrogen and oxygen atoms in total. The summed E-state index contributed by atoms with van der Waals surface area (Å²) >= 11 is 3.49. The molecule has 2 aromatic carbocycles. The van der Waals surface area contributed by atoms with Gasteiger partial charge in [0.2, 0.25) is 5.88 Å². The Labute approximate surface area is 177 Å². The largest absolute Gasteiger partial charge is 0.493 e. The van der Waals surface area contributed by atoms with Crippen molar-refractivity contribution in [1.29, 1.82) is 0 Å². The van der Waals surface area contributed by atoms with Gasteiger partial charge in [0, 0.05) is 22.6 Å². The third kappa shape index (κ3) is 3.51. The van der Waals surface area contributed by atoms with E-state index in [2.05, 4.69) is 20.9 Å². The number of aryl methyl sites for hydroxylation is 3. The molecule has 3 aromatic rings. The van der Waals surface area contributed by atoms with E-state index in [1.807, 2.05) is 44.2 Å². The highest BCUT2D eigenvalue weighted by atomic mass is 79.9. The van der Waals surface area contributed by atoms with Gasteiger partial charge in [0.1, 0.15) is 5.75 Å². The van der Waals surface area contributed by atoms with Crippen LogP contribution in [0.4, 0.5) is 0 Å². The van der Waals surface area contributed by atoms with Crippen molar-refractivity contribution in [2.75, 3.05) is 14.2 Å². The third-order valence-electron chi connectivity index (χ3n) is 5.11. The van der Waals surface area contributed by atoms with Gasteiger partial charge in [0.05, 0.1) is 19.9 Å². The lowest BCUT2D eigenvalue weighted by atomic mass is 9.97. The van der Waals surface area contributed by atoms with Crippen molar-refractivity contribution in [3.63, 3.8) is 0 Å². The summed E-state index contributed by atoms with van der Waals surface area (Å²) < 4.78 is 19.6. The summed E-state index contributed by atoms with van der Waals surface area (Å²) in [6.07, 6.45) is 0.718. The molecule has 0 N–H and O–H groups in total. The number of benzene rings is 2. The average Bonchev–Trinajstić information content (AvgIpc) is 2.69. The maximum Gasteiger partial charge on any atom is 0.351 e. The molecule has 0 saturated heterocycles. The predicted octanol–water partition coefficient (Wildman–Crippen LogP) is 4.66. The second-order valence-electron chi connectivity index (χ2n) is 7.00. The van der Waals surface area contributed by atoms with Crippen LogP contribution in [0.15, 0.2) is 39.6 Å². The molecular weight excluding hydrogens is 436 g/mol. The smallest absolute Gasteiger partial charge is 0.351 e. The van der Waals surface area contributed by atoms with Crippen molar-refractivity contribution in [2.45, 2.75) is 26.8 Å². The molecule has 0 saturated carbocycles. The van der Waals surface area contributed by atoms with E-state index in [0.29, 0.717) is 23.8 Å². The average molecular weight is 457 g/mol. The van der Waals surface area contributed by atoms with Crippen LogP contribution in [0.3, 0.4) is 0 Å². The molecule has 7 heteroatoms. The van der Waals surface area contributed by atoms with Crippen molar-refractivity contribution < 1.29 is 14.2 Å². The third-order valence-corrected chi connectivity index (χ3v) is 5.57. The van der Waals surface area contributed by atoms with Crippen LogP contribution in [0, 0.1) is 13.8 Å². The summed E-state index contributed by atoms with van der Waals surface area (Å²) in [6, 6.07) is 9.62. The van der Waals surface area contributed by atoms with Gasteiger partial charge in [0.25, 0.3) is 0 Å². The molecule has 1 aliphatic heterocycles. The normalized spacial score (nSPS) is 12.2. The summed E-state index contributed by atoms with van der Waals surface area (Å²) in [5, 5.41) is 0. The topological polar surface area (TPSA) is 62.6 Å². The van der Waals surface area contributed by atoms with Crippen LogP contribution in [0.2, 0.25) is 0 Å². The van der Waals surface area contributed by atoms with Crippen LogP contribution in [0.5, 0.6) is 23.1 Å². The van der Waals surface area contributed by atoms with Crippen LogP contribution >= 0.6 is 15.9 Å². The first-order valence-corrected chi connectivity index (χ1v) is 10.0. The van der Waals surface area contributed by atoms with Crippen molar-refractivity contribution in [3.05, 3.63) is 62.0 Å². The highest BCUT2D eigenvalue weighted by molar-refractivity contribution is 9.10. The van der Waals surface area contributed by atoms with Crippen molar-refractivity contribution >= 4 is 15.9 Å². The molecule has 1 aliphatic rings. The van der Waals surface area contributed by atoms with E-state index < -0.39 is 0 Å². The minimum Gasteiger partial charge on any atom is -0.493 e. The first-order chi connectivity index (χ1) is 13.9. The molecule has 0 spiro atoms. The minimum absolute atomic E-state index is 0.275. The fourth-order valence-electron chi connectivity index (χ4n) is 3.74. The summed E-state index contributed by atoms with van der Waals surface area (Å²) in [6.45, 7) is 4.48. The number of fused-ring (bicyclic) bond motifs is 3. The number of hydrogen-bond donors (Lipinski definition) is 0. The molecule has 4 rings (SSSR count). The Morgan fingerprint density at radius 3 is 2.31 bits per heavy atom. The van der Waals surface area contributed by atoms with E-state index in [4.69, 9.17) is 14.2 Å². The lowest BCUT2D eigenvalue weighted by Crippen LogP contribution is -2.28. The van der Waals surface area contributed by atoms with Gasteiger partial charge in [-0.05, 0) is 61.2 Å². The summed E-state index contributed by atoms with van der Waals surface area (Å²) in [7, 11) is 3.21. The molecule has 0 fully saturated rings. The maximum absolute atomic E-state index is 12.7. The fraction of sp³-hybridized carbons (Fsp3) is 0.273. The van der Waals surface area contributed by atoms with Crippen LogP contribution in [-0.2, 0) is 13.0 Å². The lowest BCUT2D eigenvalue weighted by molar-refractivity contribution is 0.354. The number of methoxy groups -OCH3 is 2. The molecule has 150 valence electrons. The molecule has 0 unspecified atom stereocenters. The molecule has 0 radical (unpaired) electrons. The summed E-state index contributed by atoms with van der Waals surface area (Å²) in [4.78, 5) is 16.8. The monoisotopic (exact) mass is 456 g/mol. The number of ether oxygens (including phenoxy) is 3. The molecule has 0 aliphatic carbocycles. The van der Waals surface area contributed by atoms with Crippen LogP contribution < -0.4 is 19.9 Å². The van der Waals surface area contributed by atoms with Crippen molar-refractivity contribution in [3.8, 4) is 34.4 Å². The highest BCUT2D eigenvalue weighted by Crippen LogP contribution is 2.39. The molecule has 1 aromatic heterocycles. The van der Waals surface area contributed by atoms with Crippen LogP contribution in [-0.4, -0.2) is 23.8 Å². The molecule has 0 atom stereocenters. The highest BCUT2D eigenvalue weighted by Gasteiger charge is 2.22. The Morgan fingerprint density at radius 1 is 1.00 bits per heavy atom. The van der Waals surface area contributed by atoms with E-state index in [0.717, 1.165) is 38.8 Å². The second kappa shape index (κ2) is 7.55. The fourth-order valence-corrected chi connectivity index (χ4v) is 4.42. The standard InChI is InChI=1S/C22H21BrN2O4/c1-12-7-15(23)8-13(2)21(12)29-20-11-17-16-10-19(28-4)18(27-3)9-14(16)5-6-25(17)22(26)24-20/h7-11H,5-6H2,1-4H3. The van der Waals surface area contributed by atoms with Crippen LogP contribution in [0.1, 0.15) is 16.7 Å². The van der Waals surface area contributed by atoms with Crippen molar-refractivity contribution in [2.24, 2.45) is 0 Å². The van der Waals surface area contributed by atoms with Gasteiger partial charge in [-0.25, -0.2) is 4.79 Å².